The number of carbonyl (C=O) groups is 1. The number of amides is 1. The number of carbonyl (C=O) groups excluding carboxylic acids is 1. The van der Waals surface area contributed by atoms with Gasteiger partial charge < -0.3 is 5.32 Å². The molecule has 0 fully saturated rings. The standard InChI is InChI=1S/C19H20N4O2S/c1-12(2)21-17(24)10-23-13(3)20-9-15(19(23)25)18-22-16(11-26-18)14-7-5-4-6-8-14/h4-9,11-12H,10H2,1-3H3,(H,21,24). The second-order valence-corrected chi connectivity index (χ2v) is 7.09. The topological polar surface area (TPSA) is 76.9 Å². The predicted octanol–water partition coefficient (Wildman–Crippen LogP) is 2.87. The van der Waals surface area contributed by atoms with Gasteiger partial charge in [0, 0.05) is 23.2 Å². The fraction of sp³-hybridized carbons (Fsp3) is 0.263. The monoisotopic (exact) mass is 368 g/mol. The summed E-state index contributed by atoms with van der Waals surface area (Å²) in [7, 11) is 0. The Labute approximate surface area is 155 Å². The Morgan fingerprint density at radius 2 is 2.00 bits per heavy atom. The molecule has 7 heteroatoms. The second kappa shape index (κ2) is 7.61. The van der Waals surface area contributed by atoms with Gasteiger partial charge in [0.15, 0.2) is 0 Å². The molecule has 3 rings (SSSR count). The molecule has 2 heterocycles. The summed E-state index contributed by atoms with van der Waals surface area (Å²) >= 11 is 1.39. The van der Waals surface area contributed by atoms with Gasteiger partial charge in [0.05, 0.1) is 11.3 Å². The first-order chi connectivity index (χ1) is 12.5. The molecule has 1 amide bonds. The van der Waals surface area contributed by atoms with Crippen molar-refractivity contribution in [3.63, 3.8) is 0 Å². The maximum atomic E-state index is 12.9. The van der Waals surface area contributed by atoms with E-state index < -0.39 is 0 Å². The van der Waals surface area contributed by atoms with Crippen LogP contribution in [0.15, 0.2) is 46.7 Å². The highest BCUT2D eigenvalue weighted by atomic mass is 32.1. The first kappa shape index (κ1) is 18.0. The van der Waals surface area contributed by atoms with Crippen LogP contribution in [0.5, 0.6) is 0 Å². The second-order valence-electron chi connectivity index (χ2n) is 6.24. The first-order valence-electron chi connectivity index (χ1n) is 8.33. The van der Waals surface area contributed by atoms with E-state index in [-0.39, 0.29) is 24.1 Å². The maximum Gasteiger partial charge on any atom is 0.264 e. The molecule has 0 atom stereocenters. The van der Waals surface area contributed by atoms with Gasteiger partial charge in [0.25, 0.3) is 5.56 Å². The average molecular weight is 368 g/mol. The predicted molar refractivity (Wildman–Crippen MR) is 103 cm³/mol. The molecule has 6 nitrogen and oxygen atoms in total. The van der Waals surface area contributed by atoms with Crippen molar-refractivity contribution < 1.29 is 4.79 Å². The summed E-state index contributed by atoms with van der Waals surface area (Å²) in [6.07, 6.45) is 1.53. The number of hydrogen-bond acceptors (Lipinski definition) is 5. The van der Waals surface area contributed by atoms with Crippen LogP contribution in [0.3, 0.4) is 0 Å². The normalized spacial score (nSPS) is 10.9. The van der Waals surface area contributed by atoms with Crippen molar-refractivity contribution in [1.29, 1.82) is 0 Å². The van der Waals surface area contributed by atoms with E-state index in [1.807, 2.05) is 49.6 Å². The molecule has 0 bridgehead atoms. The molecule has 0 saturated heterocycles. The third kappa shape index (κ3) is 3.88. The van der Waals surface area contributed by atoms with E-state index in [9.17, 15) is 9.59 Å². The van der Waals surface area contributed by atoms with Crippen LogP contribution >= 0.6 is 11.3 Å². The maximum absolute atomic E-state index is 12.9. The van der Waals surface area contributed by atoms with E-state index in [2.05, 4.69) is 15.3 Å². The molecule has 0 spiro atoms. The highest BCUT2D eigenvalue weighted by Gasteiger charge is 2.16. The lowest BCUT2D eigenvalue weighted by atomic mass is 10.2. The number of benzene rings is 1. The fourth-order valence-corrected chi connectivity index (χ4v) is 3.39. The molecule has 0 radical (unpaired) electrons. The number of aromatic nitrogens is 3. The smallest absolute Gasteiger partial charge is 0.264 e. The van der Waals surface area contributed by atoms with Crippen LogP contribution in [0.25, 0.3) is 21.8 Å². The van der Waals surface area contributed by atoms with E-state index in [0.29, 0.717) is 16.4 Å². The van der Waals surface area contributed by atoms with E-state index in [0.717, 1.165) is 11.3 Å². The van der Waals surface area contributed by atoms with Gasteiger partial charge in [0.2, 0.25) is 5.91 Å². The summed E-state index contributed by atoms with van der Waals surface area (Å²) in [5.74, 6) is 0.283. The number of nitrogens with one attached hydrogen (secondary N) is 1. The quantitative estimate of drug-likeness (QED) is 0.751. The Kier molecular flexibility index (Phi) is 5.27. The van der Waals surface area contributed by atoms with E-state index in [1.165, 1.54) is 22.1 Å². The molecular formula is C19H20N4O2S. The molecule has 26 heavy (non-hydrogen) atoms. The summed E-state index contributed by atoms with van der Waals surface area (Å²) in [5.41, 5.74) is 1.95. The van der Waals surface area contributed by atoms with Crippen molar-refractivity contribution in [3.05, 3.63) is 58.1 Å². The lowest BCUT2D eigenvalue weighted by Crippen LogP contribution is -2.37. The highest BCUT2D eigenvalue weighted by Crippen LogP contribution is 2.26. The van der Waals surface area contributed by atoms with Crippen molar-refractivity contribution in [2.24, 2.45) is 0 Å². The van der Waals surface area contributed by atoms with E-state index in [4.69, 9.17) is 0 Å². The van der Waals surface area contributed by atoms with Crippen LogP contribution in [-0.2, 0) is 11.3 Å². The molecule has 0 aliphatic rings. The van der Waals surface area contributed by atoms with Gasteiger partial charge in [-0.2, -0.15) is 0 Å². The molecular weight excluding hydrogens is 348 g/mol. The van der Waals surface area contributed by atoms with Crippen LogP contribution in [0.1, 0.15) is 19.7 Å². The van der Waals surface area contributed by atoms with Crippen LogP contribution in [-0.4, -0.2) is 26.5 Å². The Hall–Kier alpha value is -2.80. The van der Waals surface area contributed by atoms with Crippen LogP contribution in [0.4, 0.5) is 0 Å². The van der Waals surface area contributed by atoms with Gasteiger partial charge in [-0.25, -0.2) is 9.97 Å². The molecule has 0 saturated carbocycles. The summed E-state index contributed by atoms with van der Waals surface area (Å²) in [4.78, 5) is 33.8. The van der Waals surface area contributed by atoms with Crippen LogP contribution in [0, 0.1) is 6.92 Å². The number of nitrogens with zero attached hydrogens (tertiary/aromatic N) is 3. The van der Waals surface area contributed by atoms with Gasteiger partial charge in [-0.3, -0.25) is 14.2 Å². The summed E-state index contributed by atoms with van der Waals surface area (Å²) < 4.78 is 1.39. The lowest BCUT2D eigenvalue weighted by molar-refractivity contribution is -0.122. The molecule has 134 valence electrons. The Bertz CT molecular complexity index is 977. The SMILES string of the molecule is Cc1ncc(-c2nc(-c3ccccc3)cs2)c(=O)n1CC(=O)NC(C)C. The van der Waals surface area contributed by atoms with Crippen molar-refractivity contribution in [1.82, 2.24) is 19.9 Å². The van der Waals surface area contributed by atoms with Crippen molar-refractivity contribution in [3.8, 4) is 21.8 Å². The van der Waals surface area contributed by atoms with E-state index in [1.54, 1.807) is 6.92 Å². The lowest BCUT2D eigenvalue weighted by Gasteiger charge is -2.12. The number of aryl methyl sites for hydroxylation is 1. The first-order valence-corrected chi connectivity index (χ1v) is 9.21. The van der Waals surface area contributed by atoms with E-state index >= 15 is 0 Å². The Morgan fingerprint density at radius 1 is 1.27 bits per heavy atom. The number of hydrogen-bond donors (Lipinski definition) is 1. The molecule has 1 N–H and O–H groups in total. The van der Waals surface area contributed by atoms with Gasteiger partial charge in [0.1, 0.15) is 17.4 Å². The summed E-state index contributed by atoms with van der Waals surface area (Å²) in [6, 6.07) is 9.80. The minimum atomic E-state index is -0.259. The molecule has 0 unspecified atom stereocenters. The van der Waals surface area contributed by atoms with Crippen molar-refractivity contribution >= 4 is 17.2 Å². The van der Waals surface area contributed by atoms with Gasteiger partial charge in [-0.05, 0) is 20.8 Å². The molecule has 1 aromatic carbocycles. The Balaban J connectivity index is 1.95. The van der Waals surface area contributed by atoms with Gasteiger partial charge >= 0.3 is 0 Å². The van der Waals surface area contributed by atoms with Crippen LogP contribution < -0.4 is 10.9 Å². The average Bonchev–Trinajstić information content (AvgIpc) is 3.08. The highest BCUT2D eigenvalue weighted by molar-refractivity contribution is 7.13. The van der Waals surface area contributed by atoms with Crippen molar-refractivity contribution in [2.75, 3.05) is 0 Å². The summed E-state index contributed by atoms with van der Waals surface area (Å²) in [6.45, 7) is 5.41. The zero-order chi connectivity index (χ0) is 18.7. The van der Waals surface area contributed by atoms with Gasteiger partial charge in [-0.15, -0.1) is 11.3 Å². The number of rotatable bonds is 5. The molecule has 3 aromatic rings. The third-order valence-corrected chi connectivity index (χ3v) is 4.68. The zero-order valence-electron chi connectivity index (χ0n) is 14.9. The summed E-state index contributed by atoms with van der Waals surface area (Å²) in [5, 5.41) is 5.30. The largest absolute Gasteiger partial charge is 0.352 e. The molecule has 0 aliphatic carbocycles. The number of thiazole rings is 1. The van der Waals surface area contributed by atoms with Gasteiger partial charge in [-0.1, -0.05) is 30.3 Å². The minimum absolute atomic E-state index is 0.0158. The minimum Gasteiger partial charge on any atom is -0.352 e. The third-order valence-electron chi connectivity index (χ3n) is 3.80. The fourth-order valence-electron chi connectivity index (χ4n) is 2.56. The molecule has 2 aromatic heterocycles. The zero-order valence-corrected chi connectivity index (χ0v) is 15.7. The molecule has 0 aliphatic heterocycles. The Morgan fingerprint density at radius 3 is 2.69 bits per heavy atom. The van der Waals surface area contributed by atoms with Crippen molar-refractivity contribution in [2.45, 2.75) is 33.4 Å². The van der Waals surface area contributed by atoms with Crippen LogP contribution in [0.2, 0.25) is 0 Å².